The first-order valence-electron chi connectivity index (χ1n) is 8.49. The first-order valence-corrected chi connectivity index (χ1v) is 9.37. The molecule has 2 rings (SSSR count). The molecule has 0 bridgehead atoms. The van der Waals surface area contributed by atoms with E-state index in [2.05, 4.69) is 22.5 Å². The zero-order valence-electron chi connectivity index (χ0n) is 15.1. The summed E-state index contributed by atoms with van der Waals surface area (Å²) in [6.07, 6.45) is 0. The maximum atomic E-state index is 10.6. The Morgan fingerprint density at radius 3 is 2.64 bits per heavy atom. The molecule has 136 valence electrons. The lowest BCUT2D eigenvalue weighted by molar-refractivity contribution is 0.0711. The first-order chi connectivity index (χ1) is 12.0. The van der Waals surface area contributed by atoms with Crippen molar-refractivity contribution < 1.29 is 9.84 Å². The number of benzene rings is 1. The number of ether oxygens (including phenoxy) is 1. The molecule has 0 saturated carbocycles. The van der Waals surface area contributed by atoms with Gasteiger partial charge in [-0.25, -0.2) is 4.99 Å². The van der Waals surface area contributed by atoms with Crippen LogP contribution < -0.4 is 15.4 Å². The molecule has 0 aliphatic heterocycles. The molecule has 0 fully saturated rings. The van der Waals surface area contributed by atoms with Gasteiger partial charge in [0.15, 0.2) is 5.96 Å². The van der Waals surface area contributed by atoms with Gasteiger partial charge < -0.3 is 20.5 Å². The average molecular weight is 362 g/mol. The molecule has 1 heterocycles. The van der Waals surface area contributed by atoms with E-state index in [4.69, 9.17) is 4.74 Å². The SMILES string of the molecule is CCNC(=NCC(C)(O)c1cccs1)NCCOc1ccc(C)cc1. The van der Waals surface area contributed by atoms with Gasteiger partial charge in [0, 0.05) is 11.4 Å². The summed E-state index contributed by atoms with van der Waals surface area (Å²) in [5, 5.41) is 18.9. The molecule has 0 amide bonds. The molecule has 1 aromatic carbocycles. The second-order valence-corrected chi connectivity index (χ2v) is 6.98. The van der Waals surface area contributed by atoms with Gasteiger partial charge in [0.05, 0.1) is 13.1 Å². The number of nitrogens with zero attached hydrogens (tertiary/aromatic N) is 1. The van der Waals surface area contributed by atoms with Crippen molar-refractivity contribution in [1.29, 1.82) is 0 Å². The smallest absolute Gasteiger partial charge is 0.191 e. The van der Waals surface area contributed by atoms with Crippen LogP contribution in [0.25, 0.3) is 0 Å². The number of aliphatic hydroxyl groups is 1. The highest BCUT2D eigenvalue weighted by Crippen LogP contribution is 2.25. The quantitative estimate of drug-likeness (QED) is 0.384. The normalized spacial score (nSPS) is 14.0. The Hall–Kier alpha value is -2.05. The standard InChI is InChI=1S/C19H27N3O2S/c1-4-20-18(22-14-19(3,23)17-6-5-13-25-17)21-11-12-24-16-9-7-15(2)8-10-16/h5-10,13,23H,4,11-12,14H2,1-3H3,(H2,20,21,22). The van der Waals surface area contributed by atoms with E-state index in [0.717, 1.165) is 17.2 Å². The van der Waals surface area contributed by atoms with Crippen molar-refractivity contribution in [2.45, 2.75) is 26.4 Å². The van der Waals surface area contributed by atoms with Gasteiger partial charge in [0.2, 0.25) is 0 Å². The van der Waals surface area contributed by atoms with Crippen molar-refractivity contribution in [2.24, 2.45) is 4.99 Å². The zero-order valence-corrected chi connectivity index (χ0v) is 15.9. The van der Waals surface area contributed by atoms with Crippen LogP contribution in [0.15, 0.2) is 46.8 Å². The predicted molar refractivity (Wildman–Crippen MR) is 105 cm³/mol. The lowest BCUT2D eigenvalue weighted by Gasteiger charge is -2.20. The van der Waals surface area contributed by atoms with Crippen LogP contribution in [0.3, 0.4) is 0 Å². The molecule has 0 aliphatic rings. The number of guanidine groups is 1. The fraction of sp³-hybridized carbons (Fsp3) is 0.421. The van der Waals surface area contributed by atoms with Crippen molar-refractivity contribution >= 4 is 17.3 Å². The number of aliphatic imine (C=N–C) groups is 1. The number of rotatable bonds is 8. The fourth-order valence-electron chi connectivity index (χ4n) is 2.21. The van der Waals surface area contributed by atoms with Gasteiger partial charge in [0.25, 0.3) is 0 Å². The molecule has 25 heavy (non-hydrogen) atoms. The highest BCUT2D eigenvalue weighted by Gasteiger charge is 2.23. The van der Waals surface area contributed by atoms with Crippen molar-refractivity contribution in [2.75, 3.05) is 26.2 Å². The van der Waals surface area contributed by atoms with Crippen molar-refractivity contribution in [3.63, 3.8) is 0 Å². The number of aryl methyl sites for hydroxylation is 1. The van der Waals surface area contributed by atoms with Crippen LogP contribution in [0.4, 0.5) is 0 Å². The molecule has 3 N–H and O–H groups in total. The van der Waals surface area contributed by atoms with E-state index in [-0.39, 0.29) is 0 Å². The van der Waals surface area contributed by atoms with Crippen LogP contribution in [-0.2, 0) is 5.60 Å². The maximum Gasteiger partial charge on any atom is 0.191 e. The Balaban J connectivity index is 1.82. The van der Waals surface area contributed by atoms with Gasteiger partial charge in [-0.1, -0.05) is 23.8 Å². The van der Waals surface area contributed by atoms with Gasteiger partial charge in [0.1, 0.15) is 18.0 Å². The molecular formula is C19H27N3O2S. The van der Waals surface area contributed by atoms with Crippen molar-refractivity contribution in [3.8, 4) is 5.75 Å². The summed E-state index contributed by atoms with van der Waals surface area (Å²) in [4.78, 5) is 5.40. The minimum Gasteiger partial charge on any atom is -0.492 e. The minimum absolute atomic E-state index is 0.293. The van der Waals surface area contributed by atoms with E-state index in [0.29, 0.717) is 25.7 Å². The maximum absolute atomic E-state index is 10.6. The second-order valence-electron chi connectivity index (χ2n) is 6.03. The van der Waals surface area contributed by atoms with Gasteiger partial charge >= 0.3 is 0 Å². The number of hydrogen-bond donors (Lipinski definition) is 3. The molecule has 0 radical (unpaired) electrons. The van der Waals surface area contributed by atoms with E-state index < -0.39 is 5.60 Å². The van der Waals surface area contributed by atoms with E-state index in [1.165, 1.54) is 16.9 Å². The van der Waals surface area contributed by atoms with Crippen LogP contribution in [0, 0.1) is 6.92 Å². The fourth-order valence-corrected chi connectivity index (χ4v) is 2.99. The monoisotopic (exact) mass is 361 g/mol. The summed E-state index contributed by atoms with van der Waals surface area (Å²) in [5.41, 5.74) is 0.249. The lowest BCUT2D eigenvalue weighted by Crippen LogP contribution is -2.40. The highest BCUT2D eigenvalue weighted by molar-refractivity contribution is 7.10. The van der Waals surface area contributed by atoms with Crippen LogP contribution >= 0.6 is 11.3 Å². The van der Waals surface area contributed by atoms with Gasteiger partial charge in [-0.3, -0.25) is 0 Å². The van der Waals surface area contributed by atoms with Gasteiger partial charge in [-0.05, 0) is 44.4 Å². The van der Waals surface area contributed by atoms with Gasteiger partial charge in [-0.2, -0.15) is 0 Å². The summed E-state index contributed by atoms with van der Waals surface area (Å²) >= 11 is 1.53. The van der Waals surface area contributed by atoms with Crippen molar-refractivity contribution in [3.05, 3.63) is 52.2 Å². The largest absolute Gasteiger partial charge is 0.492 e. The summed E-state index contributed by atoms with van der Waals surface area (Å²) in [7, 11) is 0. The lowest BCUT2D eigenvalue weighted by atomic mass is 10.1. The summed E-state index contributed by atoms with van der Waals surface area (Å²) in [5.74, 6) is 1.53. The van der Waals surface area contributed by atoms with E-state index >= 15 is 0 Å². The van der Waals surface area contributed by atoms with Crippen LogP contribution in [0.5, 0.6) is 5.75 Å². The summed E-state index contributed by atoms with van der Waals surface area (Å²) < 4.78 is 5.70. The predicted octanol–water partition coefficient (Wildman–Crippen LogP) is 2.90. The third-order valence-corrected chi connectivity index (χ3v) is 4.75. The molecule has 1 atom stereocenters. The van der Waals surface area contributed by atoms with Crippen LogP contribution in [0.1, 0.15) is 24.3 Å². The Labute approximate surface area is 153 Å². The first kappa shape index (κ1) is 19.3. The Kier molecular flexibility index (Phi) is 7.28. The van der Waals surface area contributed by atoms with E-state index in [9.17, 15) is 5.11 Å². The average Bonchev–Trinajstić information content (AvgIpc) is 3.13. The zero-order chi connectivity index (χ0) is 18.1. The highest BCUT2D eigenvalue weighted by atomic mass is 32.1. The third-order valence-electron chi connectivity index (χ3n) is 3.63. The van der Waals surface area contributed by atoms with E-state index in [1.807, 2.05) is 48.7 Å². The molecular weight excluding hydrogens is 334 g/mol. The summed E-state index contributed by atoms with van der Waals surface area (Å²) in [6.45, 7) is 8.06. The number of hydrogen-bond acceptors (Lipinski definition) is 4. The Bertz CT molecular complexity index is 652. The molecule has 0 saturated heterocycles. The van der Waals surface area contributed by atoms with Crippen LogP contribution in [-0.4, -0.2) is 37.3 Å². The van der Waals surface area contributed by atoms with Crippen molar-refractivity contribution in [1.82, 2.24) is 10.6 Å². The molecule has 2 aromatic rings. The molecule has 6 heteroatoms. The van der Waals surface area contributed by atoms with Gasteiger partial charge in [-0.15, -0.1) is 11.3 Å². The molecule has 1 aromatic heterocycles. The molecule has 0 aliphatic carbocycles. The van der Waals surface area contributed by atoms with Crippen LogP contribution in [0.2, 0.25) is 0 Å². The summed E-state index contributed by atoms with van der Waals surface area (Å²) in [6, 6.07) is 11.8. The van der Waals surface area contributed by atoms with E-state index in [1.54, 1.807) is 6.92 Å². The second kappa shape index (κ2) is 9.44. The molecule has 5 nitrogen and oxygen atoms in total. The molecule has 0 spiro atoms. The number of nitrogens with one attached hydrogen (secondary N) is 2. The number of thiophene rings is 1. The topological polar surface area (TPSA) is 65.9 Å². The Morgan fingerprint density at radius 1 is 1.24 bits per heavy atom. The molecule has 1 unspecified atom stereocenters. The minimum atomic E-state index is -0.963. The third kappa shape index (κ3) is 6.40. The Morgan fingerprint density at radius 2 is 2.00 bits per heavy atom.